The molecule has 1 unspecified atom stereocenters. The summed E-state index contributed by atoms with van der Waals surface area (Å²) in [4.78, 5) is 0. The Hall–Kier alpha value is -2.43. The summed E-state index contributed by atoms with van der Waals surface area (Å²) in [6, 6.07) is 9.81. The second-order valence-electron chi connectivity index (χ2n) is 7.64. The van der Waals surface area contributed by atoms with Crippen LogP contribution in [-0.2, 0) is 11.2 Å². The molecule has 0 aliphatic carbocycles. The molecule has 2 aromatic rings. The number of hydrogen-bond acceptors (Lipinski definition) is 8. The summed E-state index contributed by atoms with van der Waals surface area (Å²) in [5.41, 5.74) is 0.963. The van der Waals surface area contributed by atoms with E-state index in [1.165, 1.54) is 26.2 Å². The minimum Gasteiger partial charge on any atom is -0.497 e. The van der Waals surface area contributed by atoms with E-state index in [2.05, 4.69) is 0 Å². The fourth-order valence-electron chi connectivity index (χ4n) is 3.55. The lowest BCUT2D eigenvalue weighted by atomic mass is 9.96. The zero-order chi connectivity index (χ0) is 23.4. The second kappa shape index (κ2) is 10.5. The number of halogens is 1. The van der Waals surface area contributed by atoms with Gasteiger partial charge < -0.3 is 39.4 Å². The SMILES string of the molecule is CCOc1ccc(Cc2c(F)cc(OC)cc2O[C@@H]2OC([C@@H](C)O)[C@@H](O)[C@H](O)[C@H]2O)cc1. The molecule has 8 nitrogen and oxygen atoms in total. The van der Waals surface area contributed by atoms with Gasteiger partial charge in [0.1, 0.15) is 47.5 Å². The Labute approximate surface area is 185 Å². The average molecular weight is 452 g/mol. The number of ether oxygens (including phenoxy) is 4. The van der Waals surface area contributed by atoms with Crippen LogP contribution in [-0.4, -0.2) is 71.0 Å². The van der Waals surface area contributed by atoms with E-state index < -0.39 is 42.6 Å². The fourth-order valence-corrected chi connectivity index (χ4v) is 3.55. The minimum atomic E-state index is -1.63. The van der Waals surface area contributed by atoms with E-state index >= 15 is 0 Å². The van der Waals surface area contributed by atoms with Crippen molar-refractivity contribution in [2.24, 2.45) is 0 Å². The number of aliphatic hydroxyl groups excluding tert-OH is 4. The highest BCUT2D eigenvalue weighted by molar-refractivity contribution is 5.45. The average Bonchev–Trinajstić information content (AvgIpc) is 2.77. The van der Waals surface area contributed by atoms with Gasteiger partial charge in [0.25, 0.3) is 0 Å². The molecule has 1 aliphatic heterocycles. The first-order valence-corrected chi connectivity index (χ1v) is 10.4. The maximum absolute atomic E-state index is 15.0. The third-order valence-electron chi connectivity index (χ3n) is 5.30. The van der Waals surface area contributed by atoms with Gasteiger partial charge in [-0.25, -0.2) is 4.39 Å². The maximum atomic E-state index is 15.0. The van der Waals surface area contributed by atoms with E-state index in [-0.39, 0.29) is 23.5 Å². The molecule has 32 heavy (non-hydrogen) atoms. The summed E-state index contributed by atoms with van der Waals surface area (Å²) in [7, 11) is 1.38. The Kier molecular flexibility index (Phi) is 7.91. The van der Waals surface area contributed by atoms with Gasteiger partial charge in [-0.2, -0.15) is 0 Å². The van der Waals surface area contributed by atoms with Crippen LogP contribution in [0.15, 0.2) is 36.4 Å². The Morgan fingerprint density at radius 3 is 2.31 bits per heavy atom. The zero-order valence-electron chi connectivity index (χ0n) is 18.1. The van der Waals surface area contributed by atoms with Crippen molar-refractivity contribution in [3.8, 4) is 17.2 Å². The molecule has 9 heteroatoms. The van der Waals surface area contributed by atoms with Crippen molar-refractivity contribution in [3.63, 3.8) is 0 Å². The lowest BCUT2D eigenvalue weighted by Gasteiger charge is -2.41. The van der Waals surface area contributed by atoms with Crippen LogP contribution in [0, 0.1) is 5.82 Å². The van der Waals surface area contributed by atoms with Crippen LogP contribution in [0.1, 0.15) is 25.0 Å². The summed E-state index contributed by atoms with van der Waals surface area (Å²) in [6.07, 6.45) is -8.43. The predicted molar refractivity (Wildman–Crippen MR) is 112 cm³/mol. The zero-order valence-corrected chi connectivity index (χ0v) is 18.1. The summed E-state index contributed by atoms with van der Waals surface area (Å²) in [5.74, 6) is 0.322. The van der Waals surface area contributed by atoms with Crippen LogP contribution in [0.3, 0.4) is 0 Å². The highest BCUT2D eigenvalue weighted by atomic mass is 19.1. The van der Waals surface area contributed by atoms with Gasteiger partial charge in [0.2, 0.25) is 6.29 Å². The predicted octanol–water partition coefficient (Wildman–Crippen LogP) is 1.39. The molecule has 6 atom stereocenters. The molecule has 1 saturated heterocycles. The molecule has 0 radical (unpaired) electrons. The number of rotatable bonds is 8. The van der Waals surface area contributed by atoms with Crippen molar-refractivity contribution in [2.75, 3.05) is 13.7 Å². The van der Waals surface area contributed by atoms with Crippen molar-refractivity contribution in [1.82, 2.24) is 0 Å². The molecule has 176 valence electrons. The molecular weight excluding hydrogens is 423 g/mol. The molecule has 0 spiro atoms. The standard InChI is InChI=1S/C23H29FO8/c1-4-30-14-7-5-13(6-8-14)9-16-17(24)10-15(29-3)11-18(16)31-23-21(28)19(26)20(27)22(32-23)12(2)25/h5-8,10-12,19-23,25-28H,4,9H2,1-3H3/t12-,19+,20+,21-,22?,23-/m1/s1. The smallest absolute Gasteiger partial charge is 0.229 e. The van der Waals surface area contributed by atoms with Gasteiger partial charge in [-0.05, 0) is 31.5 Å². The van der Waals surface area contributed by atoms with Crippen molar-refractivity contribution < 1.29 is 43.8 Å². The molecule has 0 bridgehead atoms. The monoisotopic (exact) mass is 452 g/mol. The Morgan fingerprint density at radius 1 is 1.03 bits per heavy atom. The maximum Gasteiger partial charge on any atom is 0.229 e. The van der Waals surface area contributed by atoms with Crippen molar-refractivity contribution >= 4 is 0 Å². The highest BCUT2D eigenvalue weighted by Crippen LogP contribution is 2.33. The van der Waals surface area contributed by atoms with Crippen LogP contribution in [0.25, 0.3) is 0 Å². The van der Waals surface area contributed by atoms with Crippen molar-refractivity contribution in [3.05, 3.63) is 53.3 Å². The molecule has 0 saturated carbocycles. The van der Waals surface area contributed by atoms with Gasteiger partial charge in [0.05, 0.1) is 19.8 Å². The number of hydrogen-bond donors (Lipinski definition) is 4. The first-order chi connectivity index (χ1) is 15.2. The van der Waals surface area contributed by atoms with Crippen LogP contribution in [0.5, 0.6) is 17.2 Å². The first kappa shape index (κ1) is 24.2. The third-order valence-corrected chi connectivity index (χ3v) is 5.30. The first-order valence-electron chi connectivity index (χ1n) is 10.4. The second-order valence-corrected chi connectivity index (χ2v) is 7.64. The molecule has 0 amide bonds. The highest BCUT2D eigenvalue weighted by Gasteiger charge is 2.46. The van der Waals surface area contributed by atoms with Crippen LogP contribution in [0.2, 0.25) is 0 Å². The lowest BCUT2D eigenvalue weighted by Crippen LogP contribution is -2.61. The van der Waals surface area contributed by atoms with E-state index in [1.807, 2.05) is 6.92 Å². The Balaban J connectivity index is 1.90. The largest absolute Gasteiger partial charge is 0.497 e. The molecular formula is C23H29FO8. The van der Waals surface area contributed by atoms with Gasteiger partial charge in [-0.15, -0.1) is 0 Å². The summed E-state index contributed by atoms with van der Waals surface area (Å²) < 4.78 is 36.8. The van der Waals surface area contributed by atoms with E-state index in [0.717, 1.165) is 5.56 Å². The number of methoxy groups -OCH3 is 1. The van der Waals surface area contributed by atoms with Gasteiger partial charge in [-0.1, -0.05) is 12.1 Å². The fraction of sp³-hybridized carbons (Fsp3) is 0.478. The molecule has 2 aromatic carbocycles. The molecule has 1 fully saturated rings. The minimum absolute atomic E-state index is 0.0349. The number of aliphatic hydroxyl groups is 4. The summed E-state index contributed by atoms with van der Waals surface area (Å²) >= 11 is 0. The van der Waals surface area contributed by atoms with Crippen molar-refractivity contribution in [1.29, 1.82) is 0 Å². The van der Waals surface area contributed by atoms with Crippen LogP contribution < -0.4 is 14.2 Å². The molecule has 1 heterocycles. The van der Waals surface area contributed by atoms with Gasteiger partial charge >= 0.3 is 0 Å². The molecule has 4 N–H and O–H groups in total. The molecule has 1 aliphatic rings. The normalized spacial score (nSPS) is 26.4. The third kappa shape index (κ3) is 5.31. The van der Waals surface area contributed by atoms with E-state index in [4.69, 9.17) is 18.9 Å². The van der Waals surface area contributed by atoms with E-state index in [1.54, 1.807) is 24.3 Å². The molecule has 3 rings (SSSR count). The lowest BCUT2D eigenvalue weighted by molar-refractivity contribution is -0.286. The topological polar surface area (TPSA) is 118 Å². The molecule has 0 aromatic heterocycles. The van der Waals surface area contributed by atoms with Gasteiger partial charge in [0.15, 0.2) is 0 Å². The summed E-state index contributed by atoms with van der Waals surface area (Å²) in [6.45, 7) is 3.78. The quantitative estimate of drug-likeness (QED) is 0.475. The number of benzene rings is 2. The summed E-state index contributed by atoms with van der Waals surface area (Å²) in [5, 5.41) is 40.4. The van der Waals surface area contributed by atoms with E-state index in [0.29, 0.717) is 12.4 Å². The van der Waals surface area contributed by atoms with Crippen molar-refractivity contribution in [2.45, 2.75) is 57.1 Å². The van der Waals surface area contributed by atoms with Crippen LogP contribution in [0.4, 0.5) is 4.39 Å². The Morgan fingerprint density at radius 2 is 1.72 bits per heavy atom. The van der Waals surface area contributed by atoms with E-state index in [9.17, 15) is 24.8 Å². The van der Waals surface area contributed by atoms with Crippen LogP contribution >= 0.6 is 0 Å². The van der Waals surface area contributed by atoms with Gasteiger partial charge in [-0.3, -0.25) is 0 Å². The Bertz CT molecular complexity index is 888. The van der Waals surface area contributed by atoms with Gasteiger partial charge in [0, 0.05) is 24.1 Å².